The van der Waals surface area contributed by atoms with Gasteiger partial charge in [-0.25, -0.2) is 19.9 Å². The van der Waals surface area contributed by atoms with E-state index in [0.29, 0.717) is 17.5 Å². The first-order valence-corrected chi connectivity index (χ1v) is 20.4. The van der Waals surface area contributed by atoms with Crippen LogP contribution in [0.1, 0.15) is 97.9 Å². The van der Waals surface area contributed by atoms with Crippen LogP contribution in [0.15, 0.2) is 156 Å². The van der Waals surface area contributed by atoms with Crippen LogP contribution >= 0.6 is 0 Å². The minimum absolute atomic E-state index is 0.162. The van der Waals surface area contributed by atoms with Crippen molar-refractivity contribution in [1.82, 2.24) is 19.9 Å². The van der Waals surface area contributed by atoms with Crippen molar-refractivity contribution in [2.24, 2.45) is 9.98 Å². The molecule has 1 aliphatic carbocycles. The maximum Gasteiger partial charge on any atom is 0.164 e. The fraction of sp³-hybridized carbons (Fsp3) is 0.192. The highest BCUT2D eigenvalue weighted by Crippen LogP contribution is 2.44. The topological polar surface area (TPSA) is 76.3 Å². The van der Waals surface area contributed by atoms with E-state index in [4.69, 9.17) is 24.9 Å². The Bertz CT molecular complexity index is 2730. The summed E-state index contributed by atoms with van der Waals surface area (Å²) in [5, 5.41) is 1.12. The van der Waals surface area contributed by atoms with Gasteiger partial charge in [0, 0.05) is 58.1 Å². The highest BCUT2D eigenvalue weighted by molar-refractivity contribution is 5.98. The molecule has 2 aliphatic heterocycles. The molecule has 0 saturated heterocycles. The monoisotopic (exact) mass is 754 g/mol. The van der Waals surface area contributed by atoms with E-state index in [0.717, 1.165) is 88.1 Å². The summed E-state index contributed by atoms with van der Waals surface area (Å²) in [5.74, 6) is 2.42. The van der Waals surface area contributed by atoms with Crippen molar-refractivity contribution in [2.75, 3.05) is 6.54 Å². The fourth-order valence-electron chi connectivity index (χ4n) is 8.29. The third-order valence-electron chi connectivity index (χ3n) is 11.3. The number of benzene rings is 4. The second kappa shape index (κ2) is 16.4. The highest BCUT2D eigenvalue weighted by Gasteiger charge is 2.26. The first kappa shape index (κ1) is 36.9. The first-order chi connectivity index (χ1) is 28.5. The number of nitrogens with zero attached hydrogens (tertiary/aromatic N) is 6. The lowest BCUT2D eigenvalue weighted by Gasteiger charge is -2.26. The summed E-state index contributed by atoms with van der Waals surface area (Å²) >= 11 is 0. The Balaban J connectivity index is 1.04. The van der Waals surface area contributed by atoms with Gasteiger partial charge in [-0.2, -0.15) is 0 Å². The zero-order valence-electron chi connectivity index (χ0n) is 33.3. The summed E-state index contributed by atoms with van der Waals surface area (Å²) in [7, 11) is 0. The maximum atomic E-state index is 5.36. The molecule has 2 aromatic heterocycles. The van der Waals surface area contributed by atoms with Gasteiger partial charge in [-0.1, -0.05) is 134 Å². The zero-order valence-corrected chi connectivity index (χ0v) is 33.3. The molecule has 9 rings (SSSR count). The molecule has 0 saturated carbocycles. The molecule has 0 fully saturated rings. The van der Waals surface area contributed by atoms with Crippen molar-refractivity contribution in [3.63, 3.8) is 0 Å². The van der Waals surface area contributed by atoms with Gasteiger partial charge in [0.1, 0.15) is 0 Å². The van der Waals surface area contributed by atoms with Gasteiger partial charge >= 0.3 is 0 Å². The smallest absolute Gasteiger partial charge is 0.164 e. The number of hydrogen-bond donors (Lipinski definition) is 0. The van der Waals surface area contributed by atoms with Gasteiger partial charge in [0.05, 0.1) is 11.2 Å². The van der Waals surface area contributed by atoms with Crippen molar-refractivity contribution < 1.29 is 0 Å². The van der Waals surface area contributed by atoms with Crippen molar-refractivity contribution in [3.05, 3.63) is 185 Å². The minimum atomic E-state index is 0.162. The Hall–Kier alpha value is -6.66. The van der Waals surface area contributed by atoms with Gasteiger partial charge in [-0.05, 0) is 91.1 Å². The molecule has 2 atom stereocenters. The fourth-order valence-corrected chi connectivity index (χ4v) is 8.29. The molecule has 4 aromatic carbocycles. The summed E-state index contributed by atoms with van der Waals surface area (Å²) in [4.78, 5) is 30.0. The van der Waals surface area contributed by atoms with E-state index in [-0.39, 0.29) is 11.8 Å². The summed E-state index contributed by atoms with van der Waals surface area (Å²) < 4.78 is 0. The normalized spacial score (nSPS) is 18.1. The largest absolute Gasteiger partial charge is 0.293 e. The third-order valence-corrected chi connectivity index (χ3v) is 11.3. The standard InChI is InChI=1S/C52H46N6/c1-4-13-44(52-57-50(38-16-9-6-10-17-38)56-51(58-52)39-26-28-53-29-27-39)30-34(2)40-18-11-20-42(32-40)46-31-35(3)54-49-45(46)24-22-37-23-25-47(55-48(37)49)43-21-12-19-41(33-43)36-14-7-5-8-15-36/h5-26,28,30,32,43,46H,4,27,29,31,33H2,1-3H3/b34-30+,44-13+. The molecule has 6 nitrogen and oxygen atoms in total. The van der Waals surface area contributed by atoms with Crippen LogP contribution in [0.4, 0.5) is 5.69 Å². The average Bonchev–Trinajstić information content (AvgIpc) is 3.29. The summed E-state index contributed by atoms with van der Waals surface area (Å²) in [6.45, 7) is 7.22. The quantitative estimate of drug-likeness (QED) is 0.138. The van der Waals surface area contributed by atoms with Gasteiger partial charge in [0.15, 0.2) is 17.5 Å². The second-order valence-electron chi connectivity index (χ2n) is 15.4. The van der Waals surface area contributed by atoms with E-state index >= 15 is 0 Å². The van der Waals surface area contributed by atoms with Crippen LogP contribution in [-0.4, -0.2) is 38.4 Å². The lowest BCUT2D eigenvalue weighted by Crippen LogP contribution is -2.12. The Morgan fingerprint density at radius 2 is 1.55 bits per heavy atom. The van der Waals surface area contributed by atoms with Gasteiger partial charge < -0.3 is 0 Å². The SMILES string of the molecule is CC/C=C(\C=C(/C)c1cccc(C2CC(C)=Nc3c2ccc2ccc(C4C=CC=C(c5ccccc5)C4)nc32)c1)c1nc(C2=CC=NCC2)nc(-c2ccccc2)n1. The number of allylic oxidation sites excluding steroid dienone is 9. The van der Waals surface area contributed by atoms with Crippen LogP contribution in [0.3, 0.4) is 0 Å². The molecular weight excluding hydrogens is 709 g/mol. The van der Waals surface area contributed by atoms with Gasteiger partial charge in [0.2, 0.25) is 0 Å². The van der Waals surface area contributed by atoms with Crippen LogP contribution in [0.25, 0.3) is 44.6 Å². The zero-order chi connectivity index (χ0) is 39.4. The Labute approximate surface area is 341 Å². The van der Waals surface area contributed by atoms with Crippen molar-refractivity contribution in [1.29, 1.82) is 0 Å². The lowest BCUT2D eigenvalue weighted by molar-refractivity contribution is 0.827. The molecule has 4 heterocycles. The molecule has 2 unspecified atom stereocenters. The predicted octanol–water partition coefficient (Wildman–Crippen LogP) is 12.6. The highest BCUT2D eigenvalue weighted by atomic mass is 15.0. The van der Waals surface area contributed by atoms with Crippen LogP contribution in [0.5, 0.6) is 0 Å². The molecule has 3 aliphatic rings. The average molecular weight is 755 g/mol. The lowest BCUT2D eigenvalue weighted by atomic mass is 9.82. The predicted molar refractivity (Wildman–Crippen MR) is 241 cm³/mol. The number of fused-ring (bicyclic) bond motifs is 3. The number of hydrogen-bond acceptors (Lipinski definition) is 6. The maximum absolute atomic E-state index is 5.36. The van der Waals surface area contributed by atoms with Crippen LogP contribution in [-0.2, 0) is 0 Å². The van der Waals surface area contributed by atoms with E-state index < -0.39 is 0 Å². The molecule has 0 amide bonds. The summed E-state index contributed by atoms with van der Waals surface area (Å²) in [5.41, 5.74) is 14.6. The number of pyridine rings is 1. The molecule has 0 N–H and O–H groups in total. The molecular formula is C52H46N6. The molecule has 6 heteroatoms. The van der Waals surface area contributed by atoms with E-state index in [2.05, 4.69) is 147 Å². The van der Waals surface area contributed by atoms with Gasteiger partial charge in [-0.15, -0.1) is 0 Å². The van der Waals surface area contributed by atoms with Crippen molar-refractivity contribution >= 4 is 50.8 Å². The molecule has 0 bridgehead atoms. The Kier molecular flexibility index (Phi) is 10.5. The van der Waals surface area contributed by atoms with Crippen LogP contribution in [0, 0.1) is 0 Å². The minimum Gasteiger partial charge on any atom is -0.293 e. The van der Waals surface area contributed by atoms with Crippen molar-refractivity contribution in [3.8, 4) is 11.4 Å². The van der Waals surface area contributed by atoms with Gasteiger partial charge in [0.25, 0.3) is 0 Å². The molecule has 6 aromatic rings. The summed E-state index contributed by atoms with van der Waals surface area (Å²) in [6.07, 6.45) is 18.4. The van der Waals surface area contributed by atoms with Gasteiger partial charge in [-0.3, -0.25) is 9.98 Å². The van der Waals surface area contributed by atoms with E-state index in [1.807, 2.05) is 30.5 Å². The number of aliphatic imine (C=N–C) groups is 2. The third kappa shape index (κ3) is 7.70. The molecule has 0 spiro atoms. The summed E-state index contributed by atoms with van der Waals surface area (Å²) in [6, 6.07) is 38.7. The molecule has 58 heavy (non-hydrogen) atoms. The van der Waals surface area contributed by atoms with E-state index in [1.165, 1.54) is 22.3 Å². The first-order valence-electron chi connectivity index (χ1n) is 20.4. The van der Waals surface area contributed by atoms with E-state index in [9.17, 15) is 0 Å². The second-order valence-corrected chi connectivity index (χ2v) is 15.4. The molecule has 284 valence electrons. The molecule has 0 radical (unpaired) electrons. The van der Waals surface area contributed by atoms with Crippen LogP contribution in [0.2, 0.25) is 0 Å². The van der Waals surface area contributed by atoms with E-state index in [1.54, 1.807) is 0 Å². The Morgan fingerprint density at radius 3 is 2.34 bits per heavy atom. The van der Waals surface area contributed by atoms with Crippen molar-refractivity contribution in [2.45, 2.75) is 58.3 Å². The number of dihydropyridines is 1. The van der Waals surface area contributed by atoms with Crippen LogP contribution < -0.4 is 0 Å². The number of aromatic nitrogens is 4. The Morgan fingerprint density at radius 1 is 0.759 bits per heavy atom. The number of rotatable bonds is 9.